The normalized spacial score (nSPS) is 32.2. The molecule has 208 valence electrons. The molecular formula is C26H35N8O5+. The number of carbonyl (C=O) groups is 3. The van der Waals surface area contributed by atoms with Gasteiger partial charge in [-0.3, -0.25) is 34.9 Å². The van der Waals surface area contributed by atoms with Gasteiger partial charge in [0.2, 0.25) is 17.6 Å². The Bertz CT molecular complexity index is 1320. The highest BCUT2D eigenvalue weighted by atomic mass is 16.5. The third-order valence-electron chi connectivity index (χ3n) is 8.96. The van der Waals surface area contributed by atoms with Crippen molar-refractivity contribution in [3.8, 4) is 0 Å². The number of rotatable bonds is 4. The van der Waals surface area contributed by atoms with E-state index in [9.17, 15) is 24.6 Å². The van der Waals surface area contributed by atoms with Crippen molar-refractivity contribution < 1.29 is 29.6 Å². The molecule has 6 rings (SSSR count). The summed E-state index contributed by atoms with van der Waals surface area (Å²) in [5.74, 6) is -3.61. The molecule has 1 unspecified atom stereocenters. The Hall–Kier alpha value is -3.71. The molecule has 0 aromatic heterocycles. The lowest BCUT2D eigenvalue weighted by Gasteiger charge is -2.46. The zero-order valence-electron chi connectivity index (χ0n) is 22.0. The predicted octanol–water partition coefficient (Wildman–Crippen LogP) is -3.79. The Balaban J connectivity index is 1.31. The molecule has 4 heterocycles. The van der Waals surface area contributed by atoms with Crippen LogP contribution in [0.15, 0.2) is 23.2 Å². The molecular weight excluding hydrogens is 504 g/mol. The summed E-state index contributed by atoms with van der Waals surface area (Å²) in [6.07, 6.45) is 2.87. The largest absolute Gasteiger partial charge is 0.370 e. The summed E-state index contributed by atoms with van der Waals surface area (Å²) >= 11 is 0. The third-order valence-corrected chi connectivity index (χ3v) is 8.96. The first-order valence-corrected chi connectivity index (χ1v) is 13.3. The molecule has 1 aromatic carbocycles. The molecule has 5 aliphatic rings. The maximum absolute atomic E-state index is 13.6. The molecule has 1 aliphatic carbocycles. The van der Waals surface area contributed by atoms with Crippen molar-refractivity contribution in [1.82, 2.24) is 20.4 Å². The maximum atomic E-state index is 13.6. The Labute approximate surface area is 225 Å². The van der Waals surface area contributed by atoms with Crippen molar-refractivity contribution in [2.24, 2.45) is 21.9 Å². The number of hydrogen-bond donors (Lipinski definition) is 7. The van der Waals surface area contributed by atoms with Gasteiger partial charge in [0.05, 0.1) is 13.1 Å². The molecule has 0 radical (unpaired) electrons. The Morgan fingerprint density at radius 3 is 2.64 bits per heavy atom. The molecule has 39 heavy (non-hydrogen) atoms. The number of fused-ring (bicyclic) bond motifs is 1. The lowest BCUT2D eigenvalue weighted by molar-refractivity contribution is -0.521. The number of amides is 3. The summed E-state index contributed by atoms with van der Waals surface area (Å²) in [6, 6.07) is 2.75. The van der Waals surface area contributed by atoms with Crippen molar-refractivity contribution in [3.05, 3.63) is 34.9 Å². The Morgan fingerprint density at radius 1 is 1.21 bits per heavy atom. The highest BCUT2D eigenvalue weighted by Gasteiger charge is 2.76. The van der Waals surface area contributed by atoms with Gasteiger partial charge in [0.15, 0.2) is 12.0 Å². The monoisotopic (exact) mass is 539 g/mol. The van der Waals surface area contributed by atoms with E-state index in [1.807, 2.05) is 12.1 Å². The standard InChI is InChI=1S/C26H34N8O5/c1-24(2)9-8-13-4-3-5-14(15(13)10-24)21(37)30-17-12-34-23(28)29-16(11-33-18(35)6-7-19(33)36)20-25(34,26(17,38)39)32-22(27)31-20/h3-5,16-17,20,38-39H,6-12H2,1-2H3,(H2,28,29)(H,30,37)(H3,27,31,32)/p+1/t16-,17?,20-,25-/m0/s1. The van der Waals surface area contributed by atoms with E-state index in [4.69, 9.17) is 11.5 Å². The highest BCUT2D eigenvalue weighted by molar-refractivity contribution is 6.02. The first-order valence-electron chi connectivity index (χ1n) is 13.3. The molecule has 1 aromatic rings. The average Bonchev–Trinajstić information content (AvgIpc) is 3.46. The lowest BCUT2D eigenvalue weighted by atomic mass is 9.73. The van der Waals surface area contributed by atoms with Crippen LogP contribution >= 0.6 is 0 Å². The SMILES string of the molecule is CC1(C)CCc2cccc(C(=O)NC3CN4C(N)=N[C@@H](CN5C(=O)CCC5=O)[C@@H]5[NH+]=C(N)N[C@@]54C3(O)O)c2C1. The summed E-state index contributed by atoms with van der Waals surface area (Å²) in [4.78, 5) is 48.3. The Kier molecular flexibility index (Phi) is 5.50. The van der Waals surface area contributed by atoms with Crippen molar-refractivity contribution in [3.63, 3.8) is 0 Å². The summed E-state index contributed by atoms with van der Waals surface area (Å²) in [5, 5.41) is 29.2. The zero-order valence-corrected chi connectivity index (χ0v) is 22.0. The van der Waals surface area contributed by atoms with Gasteiger partial charge in [0.1, 0.15) is 12.1 Å². The molecule has 2 fully saturated rings. The van der Waals surface area contributed by atoms with Crippen LogP contribution in [0.2, 0.25) is 0 Å². The van der Waals surface area contributed by atoms with Gasteiger partial charge in [0, 0.05) is 18.4 Å². The van der Waals surface area contributed by atoms with Crippen molar-refractivity contribution in [2.75, 3.05) is 13.1 Å². The molecule has 13 nitrogen and oxygen atoms in total. The van der Waals surface area contributed by atoms with Gasteiger partial charge < -0.3 is 21.3 Å². The van der Waals surface area contributed by atoms with Crippen LogP contribution < -0.4 is 27.1 Å². The van der Waals surface area contributed by atoms with Crippen LogP contribution in [0, 0.1) is 5.41 Å². The molecule has 13 heteroatoms. The van der Waals surface area contributed by atoms with Crippen LogP contribution in [-0.2, 0) is 22.4 Å². The van der Waals surface area contributed by atoms with Crippen molar-refractivity contribution in [2.45, 2.75) is 75.5 Å². The molecule has 9 N–H and O–H groups in total. The fraction of sp³-hybridized carbons (Fsp3) is 0.577. The number of guanidine groups is 2. The minimum Gasteiger partial charge on any atom is -0.370 e. The van der Waals surface area contributed by atoms with E-state index in [2.05, 4.69) is 34.5 Å². The second kappa shape index (κ2) is 8.39. The minimum atomic E-state index is -2.58. The number of imide groups is 1. The molecule has 1 spiro atoms. The van der Waals surface area contributed by atoms with E-state index in [1.54, 1.807) is 6.07 Å². The van der Waals surface area contributed by atoms with Gasteiger partial charge in [0.25, 0.3) is 11.6 Å². The second-order valence-electron chi connectivity index (χ2n) is 12.0. The topological polar surface area (TPSA) is 201 Å². The van der Waals surface area contributed by atoms with Gasteiger partial charge in [-0.1, -0.05) is 26.0 Å². The van der Waals surface area contributed by atoms with Crippen LogP contribution in [0.3, 0.4) is 0 Å². The van der Waals surface area contributed by atoms with Crippen molar-refractivity contribution >= 4 is 29.6 Å². The van der Waals surface area contributed by atoms with Gasteiger partial charge in [-0.25, -0.2) is 10.3 Å². The maximum Gasteiger partial charge on any atom is 0.343 e. The number of aliphatic hydroxyl groups is 2. The average molecular weight is 540 g/mol. The van der Waals surface area contributed by atoms with Crippen LogP contribution in [0.1, 0.15) is 54.6 Å². The molecule has 4 atom stereocenters. The summed E-state index contributed by atoms with van der Waals surface area (Å²) < 4.78 is 0. The van der Waals surface area contributed by atoms with Crippen LogP contribution in [0.4, 0.5) is 0 Å². The fourth-order valence-electron chi connectivity index (χ4n) is 6.90. The summed E-state index contributed by atoms with van der Waals surface area (Å²) in [5.41, 5.74) is 13.4. The van der Waals surface area contributed by atoms with Gasteiger partial charge in [-0.15, -0.1) is 0 Å². The number of hydrogen-bond acceptors (Lipinski definition) is 10. The number of carbonyl (C=O) groups excluding carboxylic acids is 3. The number of aliphatic imine (C=N–C) groups is 1. The molecule has 3 amide bonds. The van der Waals surface area contributed by atoms with Gasteiger partial charge >= 0.3 is 5.96 Å². The van der Waals surface area contributed by atoms with Crippen LogP contribution in [0.25, 0.3) is 0 Å². The van der Waals surface area contributed by atoms with E-state index >= 15 is 0 Å². The Morgan fingerprint density at radius 2 is 1.92 bits per heavy atom. The minimum absolute atomic E-state index is 0.0255. The number of likely N-dealkylation sites (tertiary alicyclic amines) is 1. The first-order chi connectivity index (χ1) is 18.3. The van der Waals surface area contributed by atoms with E-state index < -0.39 is 35.5 Å². The van der Waals surface area contributed by atoms with E-state index in [-0.39, 0.29) is 55.1 Å². The van der Waals surface area contributed by atoms with E-state index in [0.29, 0.717) is 5.56 Å². The predicted molar refractivity (Wildman–Crippen MR) is 139 cm³/mol. The fourth-order valence-corrected chi connectivity index (χ4v) is 6.90. The second-order valence-corrected chi connectivity index (χ2v) is 12.0. The van der Waals surface area contributed by atoms with Gasteiger partial charge in [-0.05, 0) is 41.9 Å². The highest BCUT2D eigenvalue weighted by Crippen LogP contribution is 2.42. The summed E-state index contributed by atoms with van der Waals surface area (Å²) in [7, 11) is 0. The van der Waals surface area contributed by atoms with E-state index in [1.165, 1.54) is 4.90 Å². The number of aryl methyl sites for hydroxylation is 1. The number of benzene rings is 1. The number of nitrogens with two attached hydrogens (primary N) is 2. The quantitative estimate of drug-likeness (QED) is 0.148. The number of nitrogens with zero attached hydrogens (tertiary/aromatic N) is 3. The molecule has 0 bridgehead atoms. The zero-order chi connectivity index (χ0) is 27.9. The summed E-state index contributed by atoms with van der Waals surface area (Å²) in [6.45, 7) is 4.18. The third kappa shape index (κ3) is 3.70. The van der Waals surface area contributed by atoms with Crippen LogP contribution in [-0.4, -0.2) is 92.3 Å². The smallest absolute Gasteiger partial charge is 0.343 e. The van der Waals surface area contributed by atoms with Gasteiger partial charge in [-0.2, -0.15) is 0 Å². The number of nitrogens with one attached hydrogen (secondary N) is 3. The van der Waals surface area contributed by atoms with E-state index in [0.717, 1.165) is 35.3 Å². The lowest BCUT2D eigenvalue weighted by Crippen LogP contribution is -2.90. The molecule has 0 saturated carbocycles. The van der Waals surface area contributed by atoms with Crippen LogP contribution in [0.5, 0.6) is 0 Å². The first kappa shape index (κ1) is 25.6. The molecule has 2 saturated heterocycles. The van der Waals surface area contributed by atoms with Crippen molar-refractivity contribution in [1.29, 1.82) is 0 Å². The molecule has 4 aliphatic heterocycles.